The lowest BCUT2D eigenvalue weighted by Gasteiger charge is -2.08. The quantitative estimate of drug-likeness (QED) is 0.694. The number of halogens is 2. The van der Waals surface area contributed by atoms with E-state index >= 15 is 0 Å². The number of furan rings is 1. The molecule has 0 aliphatic heterocycles. The summed E-state index contributed by atoms with van der Waals surface area (Å²) in [6.45, 7) is -0.947. The van der Waals surface area contributed by atoms with Crippen molar-refractivity contribution in [1.82, 2.24) is 5.32 Å². The number of amides is 2. The number of hydrogen-bond acceptors (Lipinski definition) is 5. The van der Waals surface area contributed by atoms with E-state index in [-0.39, 0.29) is 12.1 Å². The number of carbonyl (C=O) groups excluding carboxylic acids is 3. The third-order valence-corrected chi connectivity index (χ3v) is 3.17. The van der Waals surface area contributed by atoms with Crippen LogP contribution in [0.5, 0.6) is 0 Å². The third kappa shape index (κ3) is 6.34. The van der Waals surface area contributed by atoms with Crippen molar-refractivity contribution in [1.29, 1.82) is 0 Å². The van der Waals surface area contributed by atoms with Crippen LogP contribution in [-0.4, -0.2) is 30.9 Å². The number of rotatable bonds is 8. The minimum Gasteiger partial charge on any atom is -0.469 e. The Labute approximate surface area is 147 Å². The van der Waals surface area contributed by atoms with E-state index in [1.54, 1.807) is 12.1 Å². The molecular weight excluding hydrogens is 350 g/mol. The van der Waals surface area contributed by atoms with Crippen molar-refractivity contribution in [3.05, 3.63) is 54.0 Å². The highest BCUT2D eigenvalue weighted by Gasteiger charge is 2.11. The summed E-state index contributed by atoms with van der Waals surface area (Å²) < 4.78 is 35.6. The second-order valence-corrected chi connectivity index (χ2v) is 5.19. The SMILES string of the molecule is O=C(COC(=O)CCc1ccco1)NCC(=O)Nc1ccc(F)c(F)c1. The topological polar surface area (TPSA) is 97.6 Å². The summed E-state index contributed by atoms with van der Waals surface area (Å²) in [6, 6.07) is 6.27. The Balaban J connectivity index is 1.63. The van der Waals surface area contributed by atoms with Gasteiger partial charge in [-0.15, -0.1) is 0 Å². The average molecular weight is 366 g/mol. The lowest BCUT2D eigenvalue weighted by molar-refractivity contribution is -0.148. The summed E-state index contributed by atoms with van der Waals surface area (Å²) in [5, 5.41) is 4.53. The van der Waals surface area contributed by atoms with Crippen LogP contribution >= 0.6 is 0 Å². The summed E-state index contributed by atoms with van der Waals surface area (Å²) >= 11 is 0. The molecule has 2 N–H and O–H groups in total. The van der Waals surface area contributed by atoms with Crippen molar-refractivity contribution >= 4 is 23.5 Å². The van der Waals surface area contributed by atoms with Crippen molar-refractivity contribution in [2.75, 3.05) is 18.5 Å². The van der Waals surface area contributed by atoms with Gasteiger partial charge in [-0.25, -0.2) is 8.78 Å². The van der Waals surface area contributed by atoms with Gasteiger partial charge in [0.25, 0.3) is 5.91 Å². The van der Waals surface area contributed by atoms with E-state index in [1.807, 2.05) is 0 Å². The lowest BCUT2D eigenvalue weighted by Crippen LogP contribution is -2.35. The fourth-order valence-electron chi connectivity index (χ4n) is 1.91. The Morgan fingerprint density at radius 1 is 1.08 bits per heavy atom. The summed E-state index contributed by atoms with van der Waals surface area (Å²) in [6.07, 6.45) is 1.89. The average Bonchev–Trinajstić information content (AvgIpc) is 3.13. The Morgan fingerprint density at radius 3 is 2.58 bits per heavy atom. The van der Waals surface area contributed by atoms with Crippen LogP contribution in [0.1, 0.15) is 12.2 Å². The molecule has 2 aromatic rings. The Morgan fingerprint density at radius 2 is 1.88 bits per heavy atom. The zero-order valence-corrected chi connectivity index (χ0v) is 13.6. The molecule has 0 atom stereocenters. The first-order valence-corrected chi connectivity index (χ1v) is 7.63. The van der Waals surface area contributed by atoms with Gasteiger partial charge in [0.1, 0.15) is 5.76 Å². The molecule has 0 spiro atoms. The Bertz CT molecular complexity index is 777. The smallest absolute Gasteiger partial charge is 0.306 e. The predicted molar refractivity (Wildman–Crippen MR) is 86.0 cm³/mol. The van der Waals surface area contributed by atoms with Crippen LogP contribution in [0.3, 0.4) is 0 Å². The highest BCUT2D eigenvalue weighted by atomic mass is 19.2. The molecule has 0 saturated heterocycles. The van der Waals surface area contributed by atoms with E-state index in [0.29, 0.717) is 12.2 Å². The maximum absolute atomic E-state index is 13.0. The largest absolute Gasteiger partial charge is 0.469 e. The molecule has 1 heterocycles. The maximum atomic E-state index is 13.0. The molecule has 0 aliphatic rings. The van der Waals surface area contributed by atoms with Crippen molar-refractivity contribution in [2.45, 2.75) is 12.8 Å². The van der Waals surface area contributed by atoms with Gasteiger partial charge < -0.3 is 19.8 Å². The van der Waals surface area contributed by atoms with E-state index in [9.17, 15) is 23.2 Å². The maximum Gasteiger partial charge on any atom is 0.306 e. The second-order valence-electron chi connectivity index (χ2n) is 5.19. The van der Waals surface area contributed by atoms with Gasteiger partial charge in [-0.2, -0.15) is 0 Å². The van der Waals surface area contributed by atoms with Crippen molar-refractivity contribution < 1.29 is 32.3 Å². The molecule has 1 aromatic carbocycles. The van der Waals surface area contributed by atoms with E-state index in [4.69, 9.17) is 9.15 Å². The van der Waals surface area contributed by atoms with Gasteiger partial charge in [0.2, 0.25) is 5.91 Å². The van der Waals surface area contributed by atoms with E-state index in [2.05, 4.69) is 10.6 Å². The number of aryl methyl sites for hydroxylation is 1. The zero-order valence-electron chi connectivity index (χ0n) is 13.6. The minimum atomic E-state index is -1.10. The normalized spacial score (nSPS) is 10.2. The molecule has 0 radical (unpaired) electrons. The van der Waals surface area contributed by atoms with Crippen molar-refractivity contribution in [2.24, 2.45) is 0 Å². The molecule has 7 nitrogen and oxygen atoms in total. The number of carbonyl (C=O) groups is 3. The minimum absolute atomic E-state index is 0.0486. The molecule has 2 amide bonds. The van der Waals surface area contributed by atoms with Crippen LogP contribution in [0.2, 0.25) is 0 Å². The highest BCUT2D eigenvalue weighted by molar-refractivity contribution is 5.94. The van der Waals surface area contributed by atoms with Gasteiger partial charge >= 0.3 is 5.97 Å². The summed E-state index contributed by atoms with van der Waals surface area (Å²) in [4.78, 5) is 34.7. The first kappa shape index (κ1) is 19.1. The van der Waals surface area contributed by atoms with Gasteiger partial charge in [0.15, 0.2) is 18.2 Å². The van der Waals surface area contributed by atoms with E-state index in [1.165, 1.54) is 12.3 Å². The molecular formula is C17H16F2N2O5. The molecule has 9 heteroatoms. The van der Waals surface area contributed by atoms with Crippen molar-refractivity contribution in [3.63, 3.8) is 0 Å². The molecule has 0 aliphatic carbocycles. The first-order valence-electron chi connectivity index (χ1n) is 7.63. The predicted octanol–water partition coefficient (Wildman–Crippen LogP) is 1.79. The van der Waals surface area contributed by atoms with E-state index < -0.39 is 42.6 Å². The lowest BCUT2D eigenvalue weighted by atomic mass is 10.2. The summed E-state index contributed by atoms with van der Waals surface area (Å²) in [5.74, 6) is -3.41. The summed E-state index contributed by atoms with van der Waals surface area (Å²) in [5.41, 5.74) is 0.0486. The number of ether oxygens (including phenoxy) is 1. The van der Waals surface area contributed by atoms with E-state index in [0.717, 1.165) is 12.1 Å². The molecule has 1 aromatic heterocycles. The van der Waals surface area contributed by atoms with Crippen LogP contribution in [0.25, 0.3) is 0 Å². The zero-order chi connectivity index (χ0) is 18.9. The molecule has 26 heavy (non-hydrogen) atoms. The van der Waals surface area contributed by atoms with Gasteiger partial charge in [-0.1, -0.05) is 0 Å². The van der Waals surface area contributed by atoms with Crippen LogP contribution in [-0.2, 0) is 25.5 Å². The fraction of sp³-hybridized carbons (Fsp3) is 0.235. The molecule has 138 valence electrons. The number of benzene rings is 1. The number of esters is 1. The monoisotopic (exact) mass is 366 g/mol. The number of anilines is 1. The molecule has 0 saturated carbocycles. The Hall–Kier alpha value is -3.23. The second kappa shape index (κ2) is 9.30. The van der Waals surface area contributed by atoms with Crippen LogP contribution in [0.15, 0.2) is 41.0 Å². The standard InChI is InChI=1S/C17H16F2N2O5/c18-13-5-3-11(8-14(13)19)21-15(22)9-20-16(23)10-26-17(24)6-4-12-2-1-7-25-12/h1-3,5,7-8H,4,6,9-10H2,(H,20,23)(H,21,22). The molecule has 0 unspecified atom stereocenters. The first-order chi connectivity index (χ1) is 12.4. The number of nitrogens with one attached hydrogen (secondary N) is 2. The molecule has 0 bridgehead atoms. The third-order valence-electron chi connectivity index (χ3n) is 3.17. The van der Waals surface area contributed by atoms with Crippen LogP contribution in [0.4, 0.5) is 14.5 Å². The molecule has 0 fully saturated rings. The van der Waals surface area contributed by atoms with Crippen LogP contribution in [0, 0.1) is 11.6 Å². The van der Waals surface area contributed by atoms with Crippen molar-refractivity contribution in [3.8, 4) is 0 Å². The summed E-state index contributed by atoms with van der Waals surface area (Å²) in [7, 11) is 0. The van der Waals surface area contributed by atoms with Gasteiger partial charge in [-0.3, -0.25) is 14.4 Å². The van der Waals surface area contributed by atoms with Gasteiger partial charge in [-0.05, 0) is 24.3 Å². The number of hydrogen-bond donors (Lipinski definition) is 2. The highest BCUT2D eigenvalue weighted by Crippen LogP contribution is 2.12. The van der Waals surface area contributed by atoms with Crippen LogP contribution < -0.4 is 10.6 Å². The van der Waals surface area contributed by atoms with Gasteiger partial charge in [0, 0.05) is 18.2 Å². The molecule has 2 rings (SSSR count). The fourth-order valence-corrected chi connectivity index (χ4v) is 1.91. The Kier molecular flexibility index (Phi) is 6.84. The van der Waals surface area contributed by atoms with Gasteiger partial charge in [0.05, 0.1) is 19.2 Å².